The van der Waals surface area contributed by atoms with Crippen LogP contribution in [0.25, 0.3) is 0 Å². The van der Waals surface area contributed by atoms with E-state index >= 15 is 0 Å². The molecule has 2 unspecified atom stereocenters. The highest BCUT2D eigenvalue weighted by molar-refractivity contribution is 5.97. The van der Waals surface area contributed by atoms with Gasteiger partial charge in [0.15, 0.2) is 0 Å². The van der Waals surface area contributed by atoms with E-state index in [9.17, 15) is 14.7 Å². The van der Waals surface area contributed by atoms with E-state index in [2.05, 4.69) is 4.90 Å². The topological polar surface area (TPSA) is 60.9 Å². The zero-order chi connectivity index (χ0) is 15.5. The highest BCUT2D eigenvalue weighted by Gasteiger charge is 2.37. The Morgan fingerprint density at radius 2 is 1.82 bits per heavy atom. The molecular formula is C17H22N2O3. The molecule has 0 aliphatic carbocycles. The molecule has 0 spiro atoms. The van der Waals surface area contributed by atoms with Gasteiger partial charge in [0.25, 0.3) is 0 Å². The van der Waals surface area contributed by atoms with Crippen molar-refractivity contribution in [3.8, 4) is 0 Å². The van der Waals surface area contributed by atoms with Crippen molar-refractivity contribution in [3.05, 3.63) is 30.3 Å². The Kier molecular flexibility index (Phi) is 4.43. The Balaban J connectivity index is 1.74. The monoisotopic (exact) mass is 302 g/mol. The first-order chi connectivity index (χ1) is 10.7. The first kappa shape index (κ1) is 15.0. The Bertz CT molecular complexity index is 546. The summed E-state index contributed by atoms with van der Waals surface area (Å²) in [6.45, 7) is 2.06. The maximum Gasteiger partial charge on any atom is 0.307 e. The lowest BCUT2D eigenvalue weighted by Gasteiger charge is -2.41. The standard InChI is InChI=1S/C17H22N2O3/c20-16-15(18-10-4-6-13(12-18)17(21)22)9-5-11-19(16)14-7-2-1-3-8-14/h1-3,7-8,13,15H,4-6,9-12H2,(H,21,22). The minimum absolute atomic E-state index is 0.114. The Morgan fingerprint density at radius 3 is 2.55 bits per heavy atom. The second-order valence-electron chi connectivity index (χ2n) is 6.16. The molecule has 1 amide bonds. The number of carbonyl (C=O) groups is 2. The summed E-state index contributed by atoms with van der Waals surface area (Å²) in [7, 11) is 0. The molecule has 0 aromatic heterocycles. The second kappa shape index (κ2) is 6.48. The minimum atomic E-state index is -0.743. The molecule has 0 saturated carbocycles. The number of carboxylic acid groups (broad SMARTS) is 1. The lowest BCUT2D eigenvalue weighted by molar-refractivity contribution is -0.145. The van der Waals surface area contributed by atoms with E-state index in [0.29, 0.717) is 6.54 Å². The van der Waals surface area contributed by atoms with Gasteiger partial charge in [-0.15, -0.1) is 0 Å². The van der Waals surface area contributed by atoms with Crippen LogP contribution in [0.3, 0.4) is 0 Å². The summed E-state index contributed by atoms with van der Waals surface area (Å²) in [6, 6.07) is 9.56. The van der Waals surface area contributed by atoms with Crippen LogP contribution in [0.2, 0.25) is 0 Å². The molecule has 1 aromatic rings. The first-order valence-corrected chi connectivity index (χ1v) is 8.00. The molecule has 5 nitrogen and oxygen atoms in total. The molecule has 1 N–H and O–H groups in total. The summed E-state index contributed by atoms with van der Waals surface area (Å²) in [5, 5.41) is 9.23. The molecule has 1 aromatic carbocycles. The number of anilines is 1. The van der Waals surface area contributed by atoms with Crippen LogP contribution >= 0.6 is 0 Å². The van der Waals surface area contributed by atoms with Crippen LogP contribution in [-0.2, 0) is 9.59 Å². The fourth-order valence-electron chi connectivity index (χ4n) is 3.55. The number of aliphatic carboxylic acids is 1. The molecule has 3 rings (SSSR count). The summed E-state index contributed by atoms with van der Waals surface area (Å²) < 4.78 is 0. The van der Waals surface area contributed by atoms with Crippen molar-refractivity contribution in [1.29, 1.82) is 0 Å². The van der Waals surface area contributed by atoms with Crippen LogP contribution in [0.5, 0.6) is 0 Å². The van der Waals surface area contributed by atoms with E-state index in [-0.39, 0.29) is 17.9 Å². The third kappa shape index (κ3) is 2.99. The molecule has 2 heterocycles. The molecular weight excluding hydrogens is 280 g/mol. The number of para-hydroxylation sites is 1. The highest BCUT2D eigenvalue weighted by atomic mass is 16.4. The van der Waals surface area contributed by atoms with Gasteiger partial charge in [-0.3, -0.25) is 14.5 Å². The fourth-order valence-corrected chi connectivity index (χ4v) is 3.55. The van der Waals surface area contributed by atoms with Gasteiger partial charge >= 0.3 is 5.97 Å². The van der Waals surface area contributed by atoms with Crippen molar-refractivity contribution >= 4 is 17.6 Å². The zero-order valence-electron chi connectivity index (χ0n) is 12.6. The summed E-state index contributed by atoms with van der Waals surface area (Å²) in [5.74, 6) is -0.968. The average Bonchev–Trinajstić information content (AvgIpc) is 2.56. The number of amides is 1. The molecule has 118 valence electrons. The maximum absolute atomic E-state index is 12.8. The molecule has 0 bridgehead atoms. The number of hydrogen-bond acceptors (Lipinski definition) is 3. The quantitative estimate of drug-likeness (QED) is 0.927. The van der Waals surface area contributed by atoms with E-state index in [1.807, 2.05) is 35.2 Å². The predicted molar refractivity (Wildman–Crippen MR) is 83.7 cm³/mol. The van der Waals surface area contributed by atoms with Crippen molar-refractivity contribution in [2.75, 3.05) is 24.5 Å². The fraction of sp³-hybridized carbons (Fsp3) is 0.529. The highest BCUT2D eigenvalue weighted by Crippen LogP contribution is 2.27. The van der Waals surface area contributed by atoms with Gasteiger partial charge in [0.05, 0.1) is 12.0 Å². The number of piperidine rings is 2. The predicted octanol–water partition coefficient (Wildman–Crippen LogP) is 1.98. The third-order valence-electron chi connectivity index (χ3n) is 4.72. The first-order valence-electron chi connectivity index (χ1n) is 8.00. The number of benzene rings is 1. The zero-order valence-corrected chi connectivity index (χ0v) is 12.6. The van der Waals surface area contributed by atoms with E-state index in [1.54, 1.807) is 0 Å². The molecule has 5 heteroatoms. The Hall–Kier alpha value is -1.88. The van der Waals surface area contributed by atoms with Gasteiger partial charge in [0.2, 0.25) is 5.91 Å². The van der Waals surface area contributed by atoms with Crippen molar-refractivity contribution in [2.24, 2.45) is 5.92 Å². The van der Waals surface area contributed by atoms with Crippen LogP contribution in [0.15, 0.2) is 30.3 Å². The normalized spacial score (nSPS) is 26.9. The minimum Gasteiger partial charge on any atom is -0.481 e. The van der Waals surface area contributed by atoms with Crippen LogP contribution in [0, 0.1) is 5.92 Å². The molecule has 2 fully saturated rings. The summed E-state index contributed by atoms with van der Waals surface area (Å²) >= 11 is 0. The van der Waals surface area contributed by atoms with E-state index in [4.69, 9.17) is 0 Å². The molecule has 0 radical (unpaired) electrons. The molecule has 2 atom stereocenters. The summed E-state index contributed by atoms with van der Waals surface area (Å²) in [5.41, 5.74) is 0.934. The number of carbonyl (C=O) groups excluding carboxylic acids is 1. The second-order valence-corrected chi connectivity index (χ2v) is 6.16. The van der Waals surface area contributed by atoms with Crippen molar-refractivity contribution < 1.29 is 14.7 Å². The number of carboxylic acids is 1. The van der Waals surface area contributed by atoms with Crippen LogP contribution in [0.1, 0.15) is 25.7 Å². The van der Waals surface area contributed by atoms with E-state index in [1.165, 1.54) is 0 Å². The largest absolute Gasteiger partial charge is 0.481 e. The SMILES string of the molecule is O=C(O)C1CCCN(C2CCCN(c3ccccc3)C2=O)C1. The lowest BCUT2D eigenvalue weighted by atomic mass is 9.94. The van der Waals surface area contributed by atoms with Gasteiger partial charge in [-0.05, 0) is 44.4 Å². The van der Waals surface area contributed by atoms with Crippen LogP contribution < -0.4 is 4.90 Å². The molecule has 2 aliphatic heterocycles. The van der Waals surface area contributed by atoms with Gasteiger partial charge in [-0.2, -0.15) is 0 Å². The van der Waals surface area contributed by atoms with Gasteiger partial charge < -0.3 is 10.0 Å². The Morgan fingerprint density at radius 1 is 1.09 bits per heavy atom. The number of nitrogens with zero attached hydrogens (tertiary/aromatic N) is 2. The molecule has 2 aliphatic rings. The lowest BCUT2D eigenvalue weighted by Crippen LogP contribution is -2.55. The van der Waals surface area contributed by atoms with Gasteiger partial charge in [-0.25, -0.2) is 0 Å². The number of hydrogen-bond donors (Lipinski definition) is 1. The smallest absolute Gasteiger partial charge is 0.307 e. The summed E-state index contributed by atoms with van der Waals surface area (Å²) in [6.07, 6.45) is 3.36. The van der Waals surface area contributed by atoms with Crippen molar-refractivity contribution in [3.63, 3.8) is 0 Å². The average molecular weight is 302 g/mol. The van der Waals surface area contributed by atoms with Gasteiger partial charge in [-0.1, -0.05) is 18.2 Å². The van der Waals surface area contributed by atoms with Crippen LogP contribution in [-0.4, -0.2) is 47.6 Å². The number of rotatable bonds is 3. The summed E-state index contributed by atoms with van der Waals surface area (Å²) in [4.78, 5) is 28.0. The van der Waals surface area contributed by atoms with E-state index in [0.717, 1.165) is 44.5 Å². The maximum atomic E-state index is 12.8. The van der Waals surface area contributed by atoms with Gasteiger partial charge in [0, 0.05) is 18.8 Å². The third-order valence-corrected chi connectivity index (χ3v) is 4.72. The van der Waals surface area contributed by atoms with Crippen LogP contribution in [0.4, 0.5) is 5.69 Å². The molecule has 22 heavy (non-hydrogen) atoms. The van der Waals surface area contributed by atoms with Gasteiger partial charge in [0.1, 0.15) is 0 Å². The Labute approximate surface area is 130 Å². The van der Waals surface area contributed by atoms with Crippen molar-refractivity contribution in [2.45, 2.75) is 31.7 Å². The van der Waals surface area contributed by atoms with E-state index < -0.39 is 5.97 Å². The number of likely N-dealkylation sites (tertiary alicyclic amines) is 1. The molecule has 2 saturated heterocycles. The van der Waals surface area contributed by atoms with Crippen molar-refractivity contribution in [1.82, 2.24) is 4.90 Å².